The number of amides is 2. The summed E-state index contributed by atoms with van der Waals surface area (Å²) in [5, 5.41) is 0.681. The van der Waals surface area contributed by atoms with Crippen molar-refractivity contribution in [3.63, 3.8) is 0 Å². The van der Waals surface area contributed by atoms with E-state index in [1.807, 2.05) is 61.0 Å². The molecule has 5 rings (SSSR count). The van der Waals surface area contributed by atoms with Crippen molar-refractivity contribution in [2.45, 2.75) is 25.9 Å². The van der Waals surface area contributed by atoms with Crippen LogP contribution in [0.4, 0.5) is 10.1 Å². The fourth-order valence-electron chi connectivity index (χ4n) is 4.78. The number of carbonyl (C=O) groups excluding carboxylic acids is 2. The SMILES string of the molecule is CC(C)N(CC(=O)N1c2ccccc2-n2cccc2[C@H]1c1ccc(F)cc1)C(=O)c1cc(Cl)cc(Cl)c1. The molecular formula is C29H24Cl2FN3O2. The van der Waals surface area contributed by atoms with E-state index in [2.05, 4.69) is 0 Å². The molecule has 2 heterocycles. The highest BCUT2D eigenvalue weighted by Crippen LogP contribution is 2.42. The molecule has 1 atom stereocenters. The van der Waals surface area contributed by atoms with Crippen molar-refractivity contribution < 1.29 is 14.0 Å². The molecule has 8 heteroatoms. The van der Waals surface area contributed by atoms with Gasteiger partial charge in [0, 0.05) is 27.8 Å². The van der Waals surface area contributed by atoms with Crippen molar-refractivity contribution in [1.82, 2.24) is 9.47 Å². The van der Waals surface area contributed by atoms with Gasteiger partial charge in [0.25, 0.3) is 5.91 Å². The molecule has 0 radical (unpaired) electrons. The minimum atomic E-state index is -0.511. The number of rotatable bonds is 5. The molecule has 0 saturated carbocycles. The number of para-hydroxylation sites is 2. The Morgan fingerprint density at radius 2 is 1.57 bits per heavy atom. The van der Waals surface area contributed by atoms with Crippen molar-refractivity contribution in [2.75, 3.05) is 11.4 Å². The monoisotopic (exact) mass is 535 g/mol. The molecule has 1 aliphatic heterocycles. The van der Waals surface area contributed by atoms with Gasteiger partial charge in [0.2, 0.25) is 5.91 Å². The first-order chi connectivity index (χ1) is 17.7. The predicted octanol–water partition coefficient (Wildman–Crippen LogP) is 6.91. The molecule has 0 unspecified atom stereocenters. The van der Waals surface area contributed by atoms with Crippen LogP contribution in [0.25, 0.3) is 5.69 Å². The van der Waals surface area contributed by atoms with E-state index in [0.29, 0.717) is 21.3 Å². The first-order valence-electron chi connectivity index (χ1n) is 11.9. The molecule has 5 nitrogen and oxygen atoms in total. The van der Waals surface area contributed by atoms with Crippen molar-refractivity contribution >= 4 is 40.7 Å². The lowest BCUT2D eigenvalue weighted by Gasteiger charge is -2.40. The highest BCUT2D eigenvalue weighted by Gasteiger charge is 2.37. The maximum absolute atomic E-state index is 14.1. The largest absolute Gasteiger partial charge is 0.327 e. The van der Waals surface area contributed by atoms with Gasteiger partial charge in [0.05, 0.1) is 17.1 Å². The summed E-state index contributed by atoms with van der Waals surface area (Å²) in [6.45, 7) is 3.53. The molecule has 0 saturated heterocycles. The molecule has 0 aliphatic carbocycles. The number of hydrogen-bond acceptors (Lipinski definition) is 2. The van der Waals surface area contributed by atoms with Gasteiger partial charge in [-0.05, 0) is 74.0 Å². The molecule has 2 amide bonds. The quantitative estimate of drug-likeness (QED) is 0.278. The Morgan fingerprint density at radius 3 is 2.22 bits per heavy atom. The van der Waals surface area contributed by atoms with E-state index in [0.717, 1.165) is 16.9 Å². The summed E-state index contributed by atoms with van der Waals surface area (Å²) in [5.41, 5.74) is 3.48. The molecule has 188 valence electrons. The molecule has 1 aromatic heterocycles. The van der Waals surface area contributed by atoms with Crippen molar-refractivity contribution in [2.24, 2.45) is 0 Å². The predicted molar refractivity (Wildman–Crippen MR) is 144 cm³/mol. The van der Waals surface area contributed by atoms with Crippen LogP contribution in [0.1, 0.15) is 41.5 Å². The maximum atomic E-state index is 14.1. The van der Waals surface area contributed by atoms with E-state index < -0.39 is 6.04 Å². The van der Waals surface area contributed by atoms with Crippen LogP contribution in [0.15, 0.2) is 85.1 Å². The Balaban J connectivity index is 1.57. The Morgan fingerprint density at radius 1 is 0.919 bits per heavy atom. The Kier molecular flexibility index (Phi) is 6.80. The van der Waals surface area contributed by atoms with Crippen LogP contribution in [0, 0.1) is 5.82 Å². The zero-order valence-corrected chi connectivity index (χ0v) is 21.7. The highest BCUT2D eigenvalue weighted by atomic mass is 35.5. The summed E-state index contributed by atoms with van der Waals surface area (Å²) in [5.74, 6) is -0.978. The van der Waals surface area contributed by atoms with Gasteiger partial charge >= 0.3 is 0 Å². The van der Waals surface area contributed by atoms with Crippen LogP contribution in [0.5, 0.6) is 0 Å². The smallest absolute Gasteiger partial charge is 0.254 e. The minimum absolute atomic E-state index is 0.173. The minimum Gasteiger partial charge on any atom is -0.327 e. The van der Waals surface area contributed by atoms with Crippen molar-refractivity contribution in [3.8, 4) is 5.69 Å². The van der Waals surface area contributed by atoms with Gasteiger partial charge in [-0.15, -0.1) is 0 Å². The average molecular weight is 536 g/mol. The van der Waals surface area contributed by atoms with Crippen molar-refractivity contribution in [1.29, 1.82) is 0 Å². The van der Waals surface area contributed by atoms with Gasteiger partial charge in [-0.2, -0.15) is 0 Å². The zero-order valence-electron chi connectivity index (χ0n) is 20.2. The Hall–Kier alpha value is -3.61. The standard InChI is InChI=1S/C29H24Cl2FN3O2/c1-18(2)34(29(37)20-14-21(30)16-22(31)15-20)17-27(36)35-25-7-4-3-6-24(25)33-13-5-8-26(33)28(35)19-9-11-23(32)12-10-19/h3-16,18,28H,17H2,1-2H3/t28-/m1/s1. The van der Waals surface area contributed by atoms with Gasteiger partial charge in [-0.3, -0.25) is 14.5 Å². The van der Waals surface area contributed by atoms with Gasteiger partial charge in [0.1, 0.15) is 18.4 Å². The number of hydrogen-bond donors (Lipinski definition) is 0. The lowest BCUT2D eigenvalue weighted by atomic mass is 9.97. The first kappa shape index (κ1) is 25.1. The molecule has 0 N–H and O–H groups in total. The maximum Gasteiger partial charge on any atom is 0.254 e. The summed E-state index contributed by atoms with van der Waals surface area (Å²) in [7, 11) is 0. The molecule has 0 spiro atoms. The molecule has 0 fully saturated rings. The Labute approximate surface area is 224 Å². The van der Waals surface area contributed by atoms with Crippen LogP contribution in [-0.2, 0) is 4.79 Å². The third-order valence-corrected chi connectivity index (χ3v) is 6.91. The average Bonchev–Trinajstić information content (AvgIpc) is 3.36. The molecule has 1 aliphatic rings. The number of aromatic nitrogens is 1. The normalized spacial score (nSPS) is 14.3. The number of fused-ring (bicyclic) bond motifs is 3. The Bertz CT molecular complexity index is 1460. The first-order valence-corrected chi connectivity index (χ1v) is 12.6. The van der Waals surface area contributed by atoms with Crippen LogP contribution in [-0.4, -0.2) is 33.9 Å². The van der Waals surface area contributed by atoms with Crippen LogP contribution in [0.3, 0.4) is 0 Å². The van der Waals surface area contributed by atoms with Gasteiger partial charge in [-0.25, -0.2) is 4.39 Å². The fourth-order valence-corrected chi connectivity index (χ4v) is 5.30. The molecule has 3 aromatic carbocycles. The lowest BCUT2D eigenvalue weighted by Crippen LogP contribution is -2.48. The van der Waals surface area contributed by atoms with Crippen molar-refractivity contribution in [3.05, 3.63) is 118 Å². The number of carbonyl (C=O) groups is 2. The number of halogens is 3. The number of benzene rings is 3. The summed E-state index contributed by atoms with van der Waals surface area (Å²) >= 11 is 12.3. The van der Waals surface area contributed by atoms with Crippen LogP contribution < -0.4 is 4.90 Å². The third-order valence-electron chi connectivity index (χ3n) is 6.47. The van der Waals surface area contributed by atoms with Crippen LogP contribution >= 0.6 is 23.2 Å². The number of anilines is 1. The van der Waals surface area contributed by atoms with Gasteiger partial charge in [0.15, 0.2) is 0 Å². The van der Waals surface area contributed by atoms with E-state index in [9.17, 15) is 14.0 Å². The molecular weight excluding hydrogens is 512 g/mol. The highest BCUT2D eigenvalue weighted by molar-refractivity contribution is 6.35. The lowest BCUT2D eigenvalue weighted by molar-refractivity contribution is -0.120. The van der Waals surface area contributed by atoms with E-state index in [-0.39, 0.29) is 30.2 Å². The topological polar surface area (TPSA) is 45.6 Å². The second-order valence-corrected chi connectivity index (χ2v) is 10.1. The third kappa shape index (κ3) is 4.75. The second kappa shape index (κ2) is 10.0. The summed E-state index contributed by atoms with van der Waals surface area (Å²) < 4.78 is 15.8. The zero-order chi connectivity index (χ0) is 26.3. The molecule has 4 aromatic rings. The summed E-state index contributed by atoms with van der Waals surface area (Å²) in [6, 6.07) is 21.5. The van der Waals surface area contributed by atoms with E-state index in [4.69, 9.17) is 23.2 Å². The van der Waals surface area contributed by atoms with E-state index >= 15 is 0 Å². The van der Waals surface area contributed by atoms with Gasteiger partial charge in [-0.1, -0.05) is 47.5 Å². The van der Waals surface area contributed by atoms with E-state index in [1.165, 1.54) is 17.0 Å². The van der Waals surface area contributed by atoms with Crippen LogP contribution in [0.2, 0.25) is 10.0 Å². The van der Waals surface area contributed by atoms with E-state index in [1.54, 1.807) is 35.2 Å². The number of nitrogens with zero attached hydrogens (tertiary/aromatic N) is 3. The summed E-state index contributed by atoms with van der Waals surface area (Å²) in [6.07, 6.45) is 1.94. The fraction of sp³-hybridized carbons (Fsp3) is 0.172. The van der Waals surface area contributed by atoms with Gasteiger partial charge < -0.3 is 9.47 Å². The molecule has 37 heavy (non-hydrogen) atoms. The second-order valence-electron chi connectivity index (χ2n) is 9.19. The molecule has 0 bridgehead atoms. The summed E-state index contributed by atoms with van der Waals surface area (Å²) in [4.78, 5) is 30.8.